The number of nitrogens with two attached hydrogens (primary N) is 1. The lowest BCUT2D eigenvalue weighted by atomic mass is 9.81. The van der Waals surface area contributed by atoms with Crippen LogP contribution in [-0.4, -0.2) is 51.9 Å². The van der Waals surface area contributed by atoms with Crippen LogP contribution in [0.1, 0.15) is 65.8 Å². The highest BCUT2D eigenvalue weighted by Gasteiger charge is 2.50. The number of amides is 2. The fraction of sp³-hybridized carbons (Fsp3) is 0.394. The summed E-state index contributed by atoms with van der Waals surface area (Å²) in [6.45, 7) is 1.18. The Morgan fingerprint density at radius 3 is 2.55 bits per heavy atom. The van der Waals surface area contributed by atoms with Crippen molar-refractivity contribution in [2.45, 2.75) is 55.8 Å². The Bertz CT molecular complexity index is 1960. The van der Waals surface area contributed by atoms with Gasteiger partial charge in [-0.05, 0) is 68.9 Å². The normalized spacial score (nSPS) is 20.4. The van der Waals surface area contributed by atoms with E-state index in [1.54, 1.807) is 19.1 Å². The number of nitrogens with one attached hydrogen (secondary N) is 1. The summed E-state index contributed by atoms with van der Waals surface area (Å²) in [5.74, 6) is -0.906. The zero-order valence-electron chi connectivity index (χ0n) is 25.4. The Morgan fingerprint density at radius 2 is 1.94 bits per heavy atom. The molecule has 14 heteroatoms. The molecule has 2 atom stereocenters. The zero-order valence-corrected chi connectivity index (χ0v) is 26.2. The van der Waals surface area contributed by atoms with E-state index in [2.05, 4.69) is 10.4 Å². The number of benzene rings is 2. The molecule has 0 radical (unpaired) electrons. The first-order chi connectivity index (χ1) is 22.2. The van der Waals surface area contributed by atoms with Gasteiger partial charge in [0, 0.05) is 28.3 Å². The minimum atomic E-state index is -4.63. The molecule has 246 valence electrons. The number of methoxy groups -OCH3 is 1. The van der Waals surface area contributed by atoms with Crippen LogP contribution < -0.4 is 20.5 Å². The van der Waals surface area contributed by atoms with Gasteiger partial charge in [0.2, 0.25) is 5.91 Å². The van der Waals surface area contributed by atoms with E-state index >= 15 is 0 Å². The van der Waals surface area contributed by atoms with Crippen LogP contribution in [0.5, 0.6) is 11.5 Å². The van der Waals surface area contributed by atoms with Gasteiger partial charge in [0.25, 0.3) is 5.91 Å². The summed E-state index contributed by atoms with van der Waals surface area (Å²) in [6.07, 6.45) is 0.593. The second-order valence-corrected chi connectivity index (χ2v) is 13.2. The van der Waals surface area contributed by atoms with Crippen molar-refractivity contribution in [1.29, 1.82) is 0 Å². The van der Waals surface area contributed by atoms with Gasteiger partial charge >= 0.3 is 6.18 Å². The third kappa shape index (κ3) is 5.35. The fourth-order valence-electron chi connectivity index (χ4n) is 6.13. The number of hydrogen-bond donors (Lipinski definition) is 3. The average molecular weight is 670 g/mol. The summed E-state index contributed by atoms with van der Waals surface area (Å²) < 4.78 is 53.6. The topological polar surface area (TPSA) is 142 Å². The molecule has 2 fully saturated rings. The number of aliphatic hydroxyl groups is 1. The summed E-state index contributed by atoms with van der Waals surface area (Å²) in [4.78, 5) is 30.9. The van der Waals surface area contributed by atoms with Crippen molar-refractivity contribution in [3.8, 4) is 22.8 Å². The van der Waals surface area contributed by atoms with Crippen LogP contribution >= 0.6 is 11.6 Å². The molecule has 3 heterocycles. The number of fused-ring (bicyclic) bond motifs is 2. The Labute approximate surface area is 272 Å². The molecule has 2 amide bonds. The molecular weight excluding hydrogens is 639 g/mol. The quantitative estimate of drug-likeness (QED) is 0.220. The molecule has 1 aliphatic heterocycles. The number of carbonyl (C=O) groups is 2. The number of hydrogen-bond acceptors (Lipinski definition) is 7. The molecule has 3 aliphatic rings. The van der Waals surface area contributed by atoms with Crippen LogP contribution in [0.25, 0.3) is 22.2 Å². The third-order valence-electron chi connectivity index (χ3n) is 9.38. The highest BCUT2D eigenvalue weighted by molar-refractivity contribution is 6.33. The molecule has 0 saturated heterocycles. The van der Waals surface area contributed by atoms with Crippen LogP contribution in [0, 0.1) is 5.92 Å². The standard InChI is InChI=1S/C33H31ClF3N5O5/c1-31(30(38)44)15-47-28-22(31)12-25(40-27(28)21-8-5-19(11-23(21)34)33(35,36)37)32(45,18-3-4-18)14-39-29(43)16-9-17-13-42(20-6-7-20)41-26(17)24(10-16)46-2/h5,8-13,18,20,45H,3-4,6-7,14-15H2,1-2H3,(H2,38,44)(H,39,43)/t31-,32?/m0/s1. The van der Waals surface area contributed by atoms with E-state index < -0.39 is 34.6 Å². The number of halogens is 4. The maximum atomic E-state index is 13.5. The molecule has 2 aromatic heterocycles. The van der Waals surface area contributed by atoms with Crippen LogP contribution in [0.3, 0.4) is 0 Å². The van der Waals surface area contributed by atoms with Crippen LogP contribution in [-0.2, 0) is 22.0 Å². The monoisotopic (exact) mass is 669 g/mol. The predicted octanol–water partition coefficient (Wildman–Crippen LogP) is 5.28. The second-order valence-electron chi connectivity index (χ2n) is 12.7. The molecule has 2 saturated carbocycles. The van der Waals surface area contributed by atoms with Gasteiger partial charge in [-0.25, -0.2) is 4.98 Å². The van der Waals surface area contributed by atoms with Gasteiger partial charge in [-0.2, -0.15) is 18.3 Å². The number of nitrogens with zero attached hydrogens (tertiary/aromatic N) is 3. The minimum absolute atomic E-state index is 0.0504. The lowest BCUT2D eigenvalue weighted by Gasteiger charge is -2.30. The summed E-state index contributed by atoms with van der Waals surface area (Å²) in [5, 5.41) is 20.2. The zero-order chi connectivity index (χ0) is 33.5. The first kappa shape index (κ1) is 31.3. The van der Waals surface area contributed by atoms with Gasteiger partial charge in [0.15, 0.2) is 0 Å². The second kappa shape index (κ2) is 10.8. The van der Waals surface area contributed by atoms with Gasteiger partial charge in [0.1, 0.15) is 40.3 Å². The van der Waals surface area contributed by atoms with E-state index in [1.807, 2.05) is 10.9 Å². The van der Waals surface area contributed by atoms with Gasteiger partial charge in [-0.1, -0.05) is 17.7 Å². The Balaban J connectivity index is 1.27. The van der Waals surface area contributed by atoms with E-state index in [9.17, 15) is 27.9 Å². The summed E-state index contributed by atoms with van der Waals surface area (Å²) >= 11 is 6.38. The molecule has 10 nitrogen and oxygen atoms in total. The summed E-state index contributed by atoms with van der Waals surface area (Å²) in [5.41, 5.74) is 3.31. The average Bonchev–Trinajstić information content (AvgIpc) is 3.98. The first-order valence-corrected chi connectivity index (χ1v) is 15.5. The molecule has 7 rings (SSSR count). The van der Waals surface area contributed by atoms with Crippen LogP contribution in [0.15, 0.2) is 42.6 Å². The first-order valence-electron chi connectivity index (χ1n) is 15.2. The number of carbonyl (C=O) groups excluding carboxylic acids is 2. The summed E-state index contributed by atoms with van der Waals surface area (Å²) in [7, 11) is 1.50. The van der Waals surface area contributed by atoms with Gasteiger partial charge < -0.3 is 25.6 Å². The molecule has 4 N–H and O–H groups in total. The lowest BCUT2D eigenvalue weighted by Crippen LogP contribution is -2.44. The van der Waals surface area contributed by atoms with E-state index in [0.717, 1.165) is 30.4 Å². The number of primary amides is 1. The summed E-state index contributed by atoms with van der Waals surface area (Å²) in [6, 6.07) is 7.99. The molecule has 2 aromatic carbocycles. The Kier molecular flexibility index (Phi) is 7.21. The Hall–Kier alpha value is -4.36. The van der Waals surface area contributed by atoms with Crippen molar-refractivity contribution in [3.05, 3.63) is 70.0 Å². The maximum Gasteiger partial charge on any atom is 0.416 e. The van der Waals surface area contributed by atoms with Crippen molar-refractivity contribution in [2.75, 3.05) is 20.3 Å². The smallest absolute Gasteiger partial charge is 0.416 e. The number of ether oxygens (including phenoxy) is 2. The van der Waals surface area contributed by atoms with E-state index in [1.165, 1.54) is 19.2 Å². The largest absolute Gasteiger partial charge is 0.494 e. The number of alkyl halides is 3. The highest BCUT2D eigenvalue weighted by Crippen LogP contribution is 2.51. The molecule has 47 heavy (non-hydrogen) atoms. The molecule has 0 bridgehead atoms. The third-order valence-corrected chi connectivity index (χ3v) is 9.69. The molecule has 4 aromatic rings. The molecule has 2 aliphatic carbocycles. The van der Waals surface area contributed by atoms with E-state index in [-0.39, 0.29) is 46.8 Å². The van der Waals surface area contributed by atoms with Gasteiger partial charge in [-0.15, -0.1) is 0 Å². The molecular formula is C33H31ClF3N5O5. The highest BCUT2D eigenvalue weighted by atomic mass is 35.5. The van der Waals surface area contributed by atoms with E-state index in [0.29, 0.717) is 41.3 Å². The van der Waals surface area contributed by atoms with E-state index in [4.69, 9.17) is 31.8 Å². The number of aromatic nitrogens is 3. The maximum absolute atomic E-state index is 13.5. The van der Waals surface area contributed by atoms with Gasteiger partial charge in [-0.3, -0.25) is 14.3 Å². The molecule has 1 unspecified atom stereocenters. The fourth-order valence-corrected chi connectivity index (χ4v) is 6.40. The number of rotatable bonds is 9. The van der Waals surface area contributed by atoms with Crippen molar-refractivity contribution in [1.82, 2.24) is 20.1 Å². The number of pyridine rings is 1. The predicted molar refractivity (Wildman–Crippen MR) is 165 cm³/mol. The van der Waals surface area contributed by atoms with Crippen LogP contribution in [0.4, 0.5) is 13.2 Å². The lowest BCUT2D eigenvalue weighted by molar-refractivity contribution is -0.137. The molecule has 0 spiro atoms. The van der Waals surface area contributed by atoms with Crippen molar-refractivity contribution >= 4 is 34.3 Å². The van der Waals surface area contributed by atoms with Crippen LogP contribution in [0.2, 0.25) is 5.02 Å². The van der Waals surface area contributed by atoms with Crippen molar-refractivity contribution in [3.63, 3.8) is 0 Å². The van der Waals surface area contributed by atoms with Gasteiger partial charge in [0.05, 0.1) is 36.0 Å². The Morgan fingerprint density at radius 1 is 1.19 bits per heavy atom. The SMILES string of the molecule is COc1cc(C(=O)NCC(O)(c2cc3c(c(-c4ccc(C(F)(F)F)cc4Cl)n2)OC[C@]3(C)C(N)=O)C2CC2)cc2cn(C3CC3)nc12. The van der Waals surface area contributed by atoms with Crippen molar-refractivity contribution < 1.29 is 37.3 Å². The van der Waals surface area contributed by atoms with Crippen molar-refractivity contribution in [2.24, 2.45) is 11.7 Å². The minimum Gasteiger partial charge on any atom is -0.494 e.